The average Bonchev–Trinajstić information content (AvgIpc) is 3.02. The lowest BCUT2D eigenvalue weighted by Crippen LogP contribution is -2.37. The second kappa shape index (κ2) is 6.35. The van der Waals surface area contributed by atoms with Gasteiger partial charge in [0.25, 0.3) is 5.56 Å². The van der Waals surface area contributed by atoms with Crippen LogP contribution in [0.2, 0.25) is 0 Å². The zero-order chi connectivity index (χ0) is 18.4. The molecule has 0 atom stereocenters. The minimum atomic E-state index is -0.386. The van der Waals surface area contributed by atoms with E-state index < -0.39 is 0 Å². The van der Waals surface area contributed by atoms with E-state index in [0.29, 0.717) is 16.7 Å². The second-order valence-electron chi connectivity index (χ2n) is 7.08. The Bertz CT molecular complexity index is 1100. The molecule has 0 amide bonds. The summed E-state index contributed by atoms with van der Waals surface area (Å²) in [5, 5.41) is 9.88. The first-order chi connectivity index (χ1) is 12.5. The first kappa shape index (κ1) is 17.0. The van der Waals surface area contributed by atoms with E-state index in [4.69, 9.17) is 0 Å². The van der Waals surface area contributed by atoms with Crippen molar-refractivity contribution in [1.29, 1.82) is 0 Å². The van der Waals surface area contributed by atoms with Gasteiger partial charge in [-0.25, -0.2) is 4.79 Å². The third-order valence-corrected chi connectivity index (χ3v) is 5.43. The highest BCUT2D eigenvalue weighted by atomic mass is 16.2. The highest BCUT2D eigenvalue weighted by Gasteiger charge is 2.21. The van der Waals surface area contributed by atoms with Gasteiger partial charge in [-0.05, 0) is 38.4 Å². The first-order valence-corrected chi connectivity index (χ1v) is 9.19. The molecule has 1 aliphatic rings. The van der Waals surface area contributed by atoms with Crippen LogP contribution in [0.3, 0.4) is 0 Å². The van der Waals surface area contributed by atoms with E-state index in [1.165, 1.54) is 30.9 Å². The predicted molar refractivity (Wildman–Crippen MR) is 100 cm³/mol. The van der Waals surface area contributed by atoms with Crippen LogP contribution in [0.4, 0.5) is 0 Å². The Labute approximate surface area is 150 Å². The topological polar surface area (TPSA) is 78.0 Å². The van der Waals surface area contributed by atoms with E-state index in [1.54, 1.807) is 7.05 Å². The molecule has 4 rings (SSSR count). The summed E-state index contributed by atoms with van der Waals surface area (Å²) in [6.07, 6.45) is 5.79. The van der Waals surface area contributed by atoms with Crippen LogP contribution < -0.4 is 11.2 Å². The first-order valence-electron chi connectivity index (χ1n) is 9.19. The largest absolute Gasteiger partial charge is 0.332 e. The zero-order valence-electron chi connectivity index (χ0n) is 15.5. The van der Waals surface area contributed by atoms with Crippen LogP contribution in [0.5, 0.6) is 0 Å². The van der Waals surface area contributed by atoms with Crippen LogP contribution in [0.25, 0.3) is 22.1 Å². The number of fused-ring (bicyclic) bond motifs is 3. The molecule has 0 radical (unpaired) electrons. The minimum absolute atomic E-state index is 0.309. The van der Waals surface area contributed by atoms with Gasteiger partial charge in [0.15, 0.2) is 11.3 Å². The van der Waals surface area contributed by atoms with E-state index >= 15 is 0 Å². The van der Waals surface area contributed by atoms with E-state index in [9.17, 15) is 9.59 Å². The molecule has 4 heterocycles. The molecule has 26 heavy (non-hydrogen) atoms. The lowest BCUT2D eigenvalue weighted by molar-refractivity contribution is 0.221. The molecule has 8 nitrogen and oxygen atoms in total. The molecule has 0 spiro atoms. The van der Waals surface area contributed by atoms with Gasteiger partial charge in [-0.1, -0.05) is 6.42 Å². The Morgan fingerprint density at radius 2 is 1.65 bits per heavy atom. The van der Waals surface area contributed by atoms with Gasteiger partial charge < -0.3 is 4.57 Å². The van der Waals surface area contributed by atoms with E-state index in [1.807, 2.05) is 4.57 Å². The number of hydrogen-bond acceptors (Lipinski definition) is 5. The van der Waals surface area contributed by atoms with Gasteiger partial charge in [0.05, 0.1) is 5.39 Å². The fraction of sp³-hybridized carbons (Fsp3) is 0.556. The van der Waals surface area contributed by atoms with E-state index in [2.05, 4.69) is 28.2 Å². The maximum atomic E-state index is 12.9. The molecule has 1 fully saturated rings. The number of aryl methyl sites for hydroxylation is 2. The highest BCUT2D eigenvalue weighted by Crippen LogP contribution is 2.26. The maximum absolute atomic E-state index is 12.9. The van der Waals surface area contributed by atoms with Crippen molar-refractivity contribution in [3.8, 4) is 0 Å². The molecule has 0 aliphatic carbocycles. The molecule has 0 aromatic carbocycles. The summed E-state index contributed by atoms with van der Waals surface area (Å²) in [5.41, 5.74) is 1.45. The number of likely N-dealkylation sites (tertiary alicyclic amines) is 1. The van der Waals surface area contributed by atoms with Gasteiger partial charge in [0.1, 0.15) is 0 Å². The number of nitrogens with zero attached hydrogens (tertiary/aromatic N) is 6. The Kier molecular flexibility index (Phi) is 4.14. The van der Waals surface area contributed by atoms with Crippen LogP contribution in [-0.2, 0) is 27.2 Å². The molecule has 3 aromatic rings. The molecule has 0 unspecified atom stereocenters. The van der Waals surface area contributed by atoms with Crippen molar-refractivity contribution in [2.75, 3.05) is 13.1 Å². The van der Waals surface area contributed by atoms with Crippen LogP contribution in [0.1, 0.15) is 31.7 Å². The predicted octanol–water partition coefficient (Wildman–Crippen LogP) is 0.988. The molecular formula is C18H24N6O2. The summed E-state index contributed by atoms with van der Waals surface area (Å²) in [4.78, 5) is 27.6. The van der Waals surface area contributed by atoms with Crippen LogP contribution in [-0.4, -0.2) is 41.9 Å². The Balaban J connectivity index is 2.04. The summed E-state index contributed by atoms with van der Waals surface area (Å²) in [6, 6.07) is 0. The molecule has 8 heteroatoms. The van der Waals surface area contributed by atoms with Crippen molar-refractivity contribution in [2.45, 2.75) is 39.3 Å². The van der Waals surface area contributed by atoms with Gasteiger partial charge in [-0.2, -0.15) is 0 Å². The van der Waals surface area contributed by atoms with E-state index in [0.717, 1.165) is 41.7 Å². The Morgan fingerprint density at radius 3 is 2.35 bits per heavy atom. The SMILES string of the molecule is CCn1cc(CN2CCCCC2)c2c3c(=O)n(C)c(=O)n(C)c3nnc21. The normalized spacial score (nSPS) is 16.0. The number of rotatable bonds is 3. The van der Waals surface area contributed by atoms with Gasteiger partial charge in [0.2, 0.25) is 0 Å². The third-order valence-electron chi connectivity index (χ3n) is 5.43. The molecular weight excluding hydrogens is 332 g/mol. The number of aromatic nitrogens is 5. The molecule has 0 saturated carbocycles. The molecule has 1 aliphatic heterocycles. The maximum Gasteiger partial charge on any atom is 0.332 e. The monoisotopic (exact) mass is 356 g/mol. The van der Waals surface area contributed by atoms with Crippen molar-refractivity contribution in [2.24, 2.45) is 14.1 Å². The van der Waals surface area contributed by atoms with Crippen molar-refractivity contribution >= 4 is 22.1 Å². The van der Waals surface area contributed by atoms with E-state index in [-0.39, 0.29) is 11.2 Å². The summed E-state index contributed by atoms with van der Waals surface area (Å²) in [7, 11) is 3.14. The van der Waals surface area contributed by atoms with Gasteiger partial charge in [0, 0.05) is 38.8 Å². The van der Waals surface area contributed by atoms with Gasteiger partial charge >= 0.3 is 5.69 Å². The molecule has 138 valence electrons. The number of hydrogen-bond donors (Lipinski definition) is 0. The van der Waals surface area contributed by atoms with Crippen molar-refractivity contribution in [3.05, 3.63) is 32.6 Å². The van der Waals surface area contributed by atoms with Crippen molar-refractivity contribution in [1.82, 2.24) is 28.8 Å². The van der Waals surface area contributed by atoms with Crippen LogP contribution in [0, 0.1) is 0 Å². The smallest absolute Gasteiger partial charge is 0.331 e. The fourth-order valence-corrected chi connectivity index (χ4v) is 3.96. The number of piperidine rings is 1. The second-order valence-corrected chi connectivity index (χ2v) is 7.08. The van der Waals surface area contributed by atoms with Crippen molar-refractivity contribution < 1.29 is 0 Å². The Hall–Kier alpha value is -2.48. The molecule has 0 bridgehead atoms. The molecule has 3 aromatic heterocycles. The lowest BCUT2D eigenvalue weighted by Gasteiger charge is -2.26. The third kappa shape index (κ3) is 2.47. The lowest BCUT2D eigenvalue weighted by atomic mass is 10.1. The van der Waals surface area contributed by atoms with Gasteiger partial charge in [-0.15, -0.1) is 10.2 Å². The quantitative estimate of drug-likeness (QED) is 0.699. The molecule has 0 N–H and O–H groups in total. The average molecular weight is 356 g/mol. The molecule has 1 saturated heterocycles. The van der Waals surface area contributed by atoms with Crippen molar-refractivity contribution in [3.63, 3.8) is 0 Å². The minimum Gasteiger partial charge on any atom is -0.331 e. The summed E-state index contributed by atoms with van der Waals surface area (Å²) >= 11 is 0. The Morgan fingerprint density at radius 1 is 0.962 bits per heavy atom. The fourth-order valence-electron chi connectivity index (χ4n) is 3.96. The standard InChI is InChI=1S/C18H24N6O2/c1-4-24-11-12(10-23-8-6-5-7-9-23)13-14-15(19-20-16(13)24)21(2)18(26)22(3)17(14)25/h11H,4-10H2,1-3H3. The van der Waals surface area contributed by atoms with Gasteiger partial charge in [-0.3, -0.25) is 18.8 Å². The summed E-state index contributed by atoms with van der Waals surface area (Å²) in [5.74, 6) is 0. The summed E-state index contributed by atoms with van der Waals surface area (Å²) < 4.78 is 4.58. The zero-order valence-corrected chi connectivity index (χ0v) is 15.5. The highest BCUT2D eigenvalue weighted by molar-refractivity contribution is 6.03. The van der Waals surface area contributed by atoms with Crippen LogP contribution >= 0.6 is 0 Å². The van der Waals surface area contributed by atoms with Crippen LogP contribution in [0.15, 0.2) is 15.8 Å². The summed E-state index contributed by atoms with van der Waals surface area (Å²) in [6.45, 7) is 5.74.